The smallest absolute Gasteiger partial charge is 0.326 e. The van der Waals surface area contributed by atoms with Crippen LogP contribution in [0.3, 0.4) is 0 Å². The molecule has 0 saturated heterocycles. The molecule has 0 bridgehead atoms. The van der Waals surface area contributed by atoms with Gasteiger partial charge in [0.25, 0.3) is 0 Å². The Balaban J connectivity index is 4.42. The standard InChI is InChI=1S/C15H31NO4Si/c1-11(2)10-13(17)16-12(14(18)19)8-9-20-21(6,7)15(3,4)5/h11-12H,8-10H2,1-7H3,(H,16,17)(H,18,19)/t12-/m1/s1. The van der Waals surface area contributed by atoms with Gasteiger partial charge in [0.1, 0.15) is 6.04 Å². The van der Waals surface area contributed by atoms with E-state index in [9.17, 15) is 14.7 Å². The van der Waals surface area contributed by atoms with Crippen LogP contribution in [0.25, 0.3) is 0 Å². The number of carboxylic acids is 1. The van der Waals surface area contributed by atoms with Gasteiger partial charge in [0, 0.05) is 19.4 Å². The maximum Gasteiger partial charge on any atom is 0.326 e. The molecule has 0 rings (SSSR count). The minimum absolute atomic E-state index is 0.0899. The summed E-state index contributed by atoms with van der Waals surface area (Å²) in [5.41, 5.74) is 0. The maximum atomic E-state index is 11.7. The van der Waals surface area contributed by atoms with Crippen LogP contribution in [0.2, 0.25) is 18.1 Å². The molecular weight excluding hydrogens is 286 g/mol. The van der Waals surface area contributed by atoms with E-state index in [0.29, 0.717) is 19.4 Å². The van der Waals surface area contributed by atoms with Gasteiger partial charge in [-0.05, 0) is 24.1 Å². The Morgan fingerprint density at radius 1 is 1.24 bits per heavy atom. The molecular formula is C15H31NO4Si. The molecule has 0 aromatic rings. The van der Waals surface area contributed by atoms with Crippen LogP contribution in [0.5, 0.6) is 0 Å². The molecule has 0 spiro atoms. The van der Waals surface area contributed by atoms with Gasteiger partial charge in [-0.15, -0.1) is 0 Å². The van der Waals surface area contributed by atoms with E-state index < -0.39 is 20.3 Å². The number of carboxylic acid groups (broad SMARTS) is 1. The molecule has 0 fully saturated rings. The van der Waals surface area contributed by atoms with Crippen molar-refractivity contribution in [1.29, 1.82) is 0 Å². The minimum atomic E-state index is -1.88. The molecule has 5 nitrogen and oxygen atoms in total. The van der Waals surface area contributed by atoms with E-state index in [4.69, 9.17) is 4.43 Å². The summed E-state index contributed by atoms with van der Waals surface area (Å²) in [6, 6.07) is -0.874. The van der Waals surface area contributed by atoms with Crippen molar-refractivity contribution in [2.45, 2.75) is 71.6 Å². The van der Waals surface area contributed by atoms with Crippen LogP contribution in [0.15, 0.2) is 0 Å². The van der Waals surface area contributed by atoms with Crippen LogP contribution in [-0.4, -0.2) is 37.9 Å². The highest BCUT2D eigenvalue weighted by Crippen LogP contribution is 2.36. The molecule has 0 aromatic carbocycles. The number of hydrogen-bond acceptors (Lipinski definition) is 3. The number of carbonyl (C=O) groups excluding carboxylic acids is 1. The highest BCUT2D eigenvalue weighted by atomic mass is 28.4. The van der Waals surface area contributed by atoms with Gasteiger partial charge in [-0.25, -0.2) is 4.79 Å². The summed E-state index contributed by atoms with van der Waals surface area (Å²) in [6.45, 7) is 14.9. The fourth-order valence-electron chi connectivity index (χ4n) is 1.53. The lowest BCUT2D eigenvalue weighted by molar-refractivity contribution is -0.142. The lowest BCUT2D eigenvalue weighted by atomic mass is 10.1. The molecule has 2 N–H and O–H groups in total. The molecule has 124 valence electrons. The van der Waals surface area contributed by atoms with Crippen LogP contribution < -0.4 is 5.32 Å². The molecule has 0 saturated carbocycles. The second-order valence-corrected chi connectivity index (χ2v) is 12.3. The highest BCUT2D eigenvalue weighted by molar-refractivity contribution is 6.74. The fraction of sp³-hybridized carbons (Fsp3) is 0.867. The van der Waals surface area contributed by atoms with E-state index in [1.807, 2.05) is 13.8 Å². The first-order chi connectivity index (χ1) is 9.36. The molecule has 0 aliphatic carbocycles. The number of amides is 1. The molecule has 6 heteroatoms. The van der Waals surface area contributed by atoms with E-state index in [1.54, 1.807) is 0 Å². The molecule has 0 aromatic heterocycles. The van der Waals surface area contributed by atoms with E-state index in [2.05, 4.69) is 39.2 Å². The molecule has 1 atom stereocenters. The van der Waals surface area contributed by atoms with Gasteiger partial charge in [0.2, 0.25) is 5.91 Å². The Bertz CT molecular complexity index is 361. The quantitative estimate of drug-likeness (QED) is 0.675. The first-order valence-electron chi connectivity index (χ1n) is 7.53. The van der Waals surface area contributed by atoms with E-state index in [1.165, 1.54) is 0 Å². The van der Waals surface area contributed by atoms with Crippen molar-refractivity contribution in [3.05, 3.63) is 0 Å². The van der Waals surface area contributed by atoms with Gasteiger partial charge >= 0.3 is 5.97 Å². The topological polar surface area (TPSA) is 75.6 Å². The first kappa shape index (κ1) is 20.1. The second kappa shape index (κ2) is 7.94. The van der Waals surface area contributed by atoms with Crippen LogP contribution in [0, 0.1) is 5.92 Å². The predicted molar refractivity (Wildman–Crippen MR) is 86.8 cm³/mol. The summed E-state index contributed by atoms with van der Waals surface area (Å²) in [7, 11) is -1.88. The van der Waals surface area contributed by atoms with Gasteiger partial charge in [-0.3, -0.25) is 4.79 Å². The third-order valence-corrected chi connectivity index (χ3v) is 8.44. The molecule has 21 heavy (non-hydrogen) atoms. The third kappa shape index (κ3) is 7.62. The normalized spacial score (nSPS) is 14.1. The van der Waals surface area contributed by atoms with Crippen LogP contribution in [0.1, 0.15) is 47.5 Å². The summed E-state index contributed by atoms with van der Waals surface area (Å²) in [4.78, 5) is 22.9. The van der Waals surface area contributed by atoms with Crippen LogP contribution >= 0.6 is 0 Å². The number of aliphatic carboxylic acids is 1. The minimum Gasteiger partial charge on any atom is -0.480 e. The zero-order valence-electron chi connectivity index (χ0n) is 14.4. The van der Waals surface area contributed by atoms with Crippen molar-refractivity contribution in [2.24, 2.45) is 5.92 Å². The molecule has 0 heterocycles. The van der Waals surface area contributed by atoms with Gasteiger partial charge in [-0.1, -0.05) is 34.6 Å². The lowest BCUT2D eigenvalue weighted by Gasteiger charge is -2.36. The van der Waals surface area contributed by atoms with E-state index >= 15 is 0 Å². The zero-order valence-corrected chi connectivity index (χ0v) is 15.4. The SMILES string of the molecule is CC(C)CC(=O)N[C@H](CCO[Si](C)(C)C(C)(C)C)C(=O)O. The number of rotatable bonds is 8. The van der Waals surface area contributed by atoms with Gasteiger partial charge in [-0.2, -0.15) is 0 Å². The Labute approximate surface area is 129 Å². The Hall–Kier alpha value is -0.883. The molecule has 0 radical (unpaired) electrons. The van der Waals surface area contributed by atoms with E-state index in [-0.39, 0.29) is 16.9 Å². The summed E-state index contributed by atoms with van der Waals surface area (Å²) >= 11 is 0. The van der Waals surface area contributed by atoms with Crippen LogP contribution in [-0.2, 0) is 14.0 Å². The Morgan fingerprint density at radius 3 is 2.14 bits per heavy atom. The number of carbonyl (C=O) groups is 2. The number of hydrogen-bond donors (Lipinski definition) is 2. The predicted octanol–water partition coefficient (Wildman–Crippen LogP) is 3.01. The van der Waals surface area contributed by atoms with Crippen molar-refractivity contribution in [3.63, 3.8) is 0 Å². The van der Waals surface area contributed by atoms with Crippen molar-refractivity contribution < 1.29 is 19.1 Å². The van der Waals surface area contributed by atoms with Gasteiger partial charge in [0.15, 0.2) is 8.32 Å². The van der Waals surface area contributed by atoms with E-state index in [0.717, 1.165) is 0 Å². The zero-order chi connectivity index (χ0) is 16.8. The summed E-state index contributed by atoms with van der Waals surface area (Å²) < 4.78 is 5.96. The molecule has 0 unspecified atom stereocenters. The molecule has 0 aliphatic heterocycles. The van der Waals surface area contributed by atoms with Gasteiger partial charge in [0.05, 0.1) is 0 Å². The third-order valence-electron chi connectivity index (χ3n) is 3.90. The van der Waals surface area contributed by atoms with Crippen LogP contribution in [0.4, 0.5) is 0 Å². The Kier molecular flexibility index (Phi) is 7.60. The lowest BCUT2D eigenvalue weighted by Crippen LogP contribution is -2.44. The first-order valence-corrected chi connectivity index (χ1v) is 10.4. The molecule has 0 aliphatic rings. The monoisotopic (exact) mass is 317 g/mol. The second-order valence-electron chi connectivity index (χ2n) is 7.45. The summed E-state index contributed by atoms with van der Waals surface area (Å²) in [5, 5.41) is 11.8. The average molecular weight is 318 g/mol. The summed E-state index contributed by atoms with van der Waals surface area (Å²) in [5.74, 6) is -1.02. The number of nitrogens with one attached hydrogen (secondary N) is 1. The summed E-state index contributed by atoms with van der Waals surface area (Å²) in [6.07, 6.45) is 0.637. The van der Waals surface area contributed by atoms with Crippen molar-refractivity contribution in [1.82, 2.24) is 5.32 Å². The highest BCUT2D eigenvalue weighted by Gasteiger charge is 2.37. The van der Waals surface area contributed by atoms with Gasteiger partial charge < -0.3 is 14.8 Å². The maximum absolute atomic E-state index is 11.7. The molecule has 1 amide bonds. The van der Waals surface area contributed by atoms with Crippen molar-refractivity contribution >= 4 is 20.2 Å². The largest absolute Gasteiger partial charge is 0.480 e. The van der Waals surface area contributed by atoms with Crippen molar-refractivity contribution in [3.8, 4) is 0 Å². The van der Waals surface area contributed by atoms with Crippen molar-refractivity contribution in [2.75, 3.05) is 6.61 Å². The Morgan fingerprint density at radius 2 is 1.76 bits per heavy atom. The fourth-order valence-corrected chi connectivity index (χ4v) is 2.59. The average Bonchev–Trinajstić information content (AvgIpc) is 2.24.